The summed E-state index contributed by atoms with van der Waals surface area (Å²) >= 11 is 0. The topological polar surface area (TPSA) is 0 Å². The zero-order chi connectivity index (χ0) is 29.2. The van der Waals surface area contributed by atoms with E-state index in [9.17, 15) is 0 Å². The third-order valence-electron chi connectivity index (χ3n) is 9.42. The summed E-state index contributed by atoms with van der Waals surface area (Å²) in [6, 6.07) is 35.2. The first kappa shape index (κ1) is 26.1. The molecule has 7 rings (SSSR count). The summed E-state index contributed by atoms with van der Waals surface area (Å²) in [7, 11) is 0. The van der Waals surface area contributed by atoms with Crippen LogP contribution in [0.3, 0.4) is 0 Å². The van der Waals surface area contributed by atoms with E-state index in [-0.39, 0.29) is 10.8 Å². The molecule has 2 aliphatic carbocycles. The highest BCUT2D eigenvalue weighted by molar-refractivity contribution is 5.82. The lowest BCUT2D eigenvalue weighted by atomic mass is 9.82. The minimum atomic E-state index is -0.0188. The second kappa shape index (κ2) is 9.38. The Morgan fingerprint density at radius 3 is 1.21 bits per heavy atom. The highest BCUT2D eigenvalue weighted by atomic mass is 14.4. The van der Waals surface area contributed by atoms with E-state index in [4.69, 9.17) is 0 Å². The summed E-state index contributed by atoms with van der Waals surface area (Å²) in [4.78, 5) is 0. The number of hydrogen-bond acceptors (Lipinski definition) is 0. The molecule has 0 spiro atoms. The molecular weight excluding hydrogens is 504 g/mol. The number of fused-ring (bicyclic) bond motifs is 6. The normalized spacial score (nSPS) is 14.4. The van der Waals surface area contributed by atoms with Gasteiger partial charge in [0.15, 0.2) is 0 Å². The van der Waals surface area contributed by atoms with Gasteiger partial charge in [-0.25, -0.2) is 0 Å². The average Bonchev–Trinajstić information content (AvgIpc) is 3.36. The standard InChI is InChI=1S/C42H34/c1-27-23-32(20-16-30-18-22-36-34-12-8-10-14-38(34)42(5,6)40(36)26-30)28(2)24-31(27)19-15-29-17-21-35-33-11-7-9-13-37(33)41(3,4)39(35)25-29/h7-14,17-18,21-26H,1-6H3. The molecule has 0 N–H and O–H groups in total. The van der Waals surface area contributed by atoms with Crippen LogP contribution in [0.2, 0.25) is 0 Å². The van der Waals surface area contributed by atoms with Crippen molar-refractivity contribution in [2.45, 2.75) is 52.4 Å². The van der Waals surface area contributed by atoms with Crippen LogP contribution in [0, 0.1) is 37.5 Å². The molecule has 0 bridgehead atoms. The molecule has 2 aliphatic rings. The Morgan fingerprint density at radius 2 is 0.786 bits per heavy atom. The Balaban J connectivity index is 1.17. The Labute approximate surface area is 250 Å². The van der Waals surface area contributed by atoms with Crippen molar-refractivity contribution >= 4 is 0 Å². The molecule has 0 heterocycles. The second-order valence-corrected chi connectivity index (χ2v) is 12.8. The molecule has 0 saturated heterocycles. The van der Waals surface area contributed by atoms with Gasteiger partial charge in [-0.3, -0.25) is 0 Å². The summed E-state index contributed by atoms with van der Waals surface area (Å²) in [6.07, 6.45) is 0. The minimum absolute atomic E-state index is 0.0188. The van der Waals surface area contributed by atoms with Gasteiger partial charge in [0.1, 0.15) is 0 Å². The lowest BCUT2D eigenvalue weighted by molar-refractivity contribution is 0.660. The van der Waals surface area contributed by atoms with Gasteiger partial charge in [-0.2, -0.15) is 0 Å². The van der Waals surface area contributed by atoms with Gasteiger partial charge in [0.05, 0.1) is 0 Å². The summed E-state index contributed by atoms with van der Waals surface area (Å²) in [6.45, 7) is 13.5. The maximum absolute atomic E-state index is 3.46. The number of aryl methyl sites for hydroxylation is 2. The number of rotatable bonds is 0. The van der Waals surface area contributed by atoms with Crippen LogP contribution in [0.1, 0.15) is 83.3 Å². The molecule has 0 aromatic heterocycles. The van der Waals surface area contributed by atoms with Crippen LogP contribution in [0.4, 0.5) is 0 Å². The van der Waals surface area contributed by atoms with Crippen LogP contribution < -0.4 is 0 Å². The van der Waals surface area contributed by atoms with E-state index in [0.717, 1.165) is 33.4 Å². The van der Waals surface area contributed by atoms with Crippen molar-refractivity contribution in [2.75, 3.05) is 0 Å². The van der Waals surface area contributed by atoms with Crippen molar-refractivity contribution < 1.29 is 0 Å². The molecule has 5 aromatic rings. The maximum atomic E-state index is 3.46. The van der Waals surface area contributed by atoms with E-state index in [1.165, 1.54) is 44.5 Å². The van der Waals surface area contributed by atoms with E-state index in [1.807, 2.05) is 0 Å². The third-order valence-corrected chi connectivity index (χ3v) is 9.42. The molecule has 202 valence electrons. The van der Waals surface area contributed by atoms with Crippen molar-refractivity contribution in [1.82, 2.24) is 0 Å². The van der Waals surface area contributed by atoms with Gasteiger partial charge in [-0.1, -0.05) is 112 Å². The van der Waals surface area contributed by atoms with E-state index in [2.05, 4.69) is 162 Å². The smallest absolute Gasteiger partial charge is 0.0281 e. The van der Waals surface area contributed by atoms with Crippen LogP contribution in [0.5, 0.6) is 0 Å². The molecule has 0 saturated carbocycles. The van der Waals surface area contributed by atoms with Gasteiger partial charge in [-0.15, -0.1) is 0 Å². The summed E-state index contributed by atoms with van der Waals surface area (Å²) in [5.41, 5.74) is 17.3. The molecule has 0 heteroatoms. The molecule has 0 amide bonds. The summed E-state index contributed by atoms with van der Waals surface area (Å²) < 4.78 is 0. The van der Waals surface area contributed by atoms with Crippen molar-refractivity contribution in [3.8, 4) is 45.9 Å². The lowest BCUT2D eigenvalue weighted by Crippen LogP contribution is -2.14. The van der Waals surface area contributed by atoms with Gasteiger partial charge in [0.25, 0.3) is 0 Å². The first-order chi connectivity index (χ1) is 20.1. The highest BCUT2D eigenvalue weighted by Gasteiger charge is 2.36. The zero-order valence-corrected chi connectivity index (χ0v) is 25.2. The van der Waals surface area contributed by atoms with Crippen molar-refractivity contribution in [2.24, 2.45) is 0 Å². The van der Waals surface area contributed by atoms with Crippen LogP contribution in [0.25, 0.3) is 22.3 Å². The van der Waals surface area contributed by atoms with Gasteiger partial charge in [0.2, 0.25) is 0 Å². The molecule has 42 heavy (non-hydrogen) atoms. The molecule has 5 aromatic carbocycles. The minimum Gasteiger partial charge on any atom is -0.0619 e. The van der Waals surface area contributed by atoms with Gasteiger partial charge in [-0.05, 0) is 106 Å². The molecule has 0 unspecified atom stereocenters. The zero-order valence-electron chi connectivity index (χ0n) is 25.2. The van der Waals surface area contributed by atoms with E-state index < -0.39 is 0 Å². The average molecular weight is 539 g/mol. The Hall–Kier alpha value is -4.78. The fraction of sp³-hybridized carbons (Fsp3) is 0.190. The number of benzene rings is 5. The molecule has 0 radical (unpaired) electrons. The van der Waals surface area contributed by atoms with Crippen LogP contribution in [-0.2, 0) is 10.8 Å². The second-order valence-electron chi connectivity index (χ2n) is 12.8. The molecule has 0 fully saturated rings. The van der Waals surface area contributed by atoms with Gasteiger partial charge >= 0.3 is 0 Å². The number of hydrogen-bond donors (Lipinski definition) is 0. The molecule has 0 atom stereocenters. The predicted molar refractivity (Wildman–Crippen MR) is 176 cm³/mol. The van der Waals surface area contributed by atoms with E-state index >= 15 is 0 Å². The highest BCUT2D eigenvalue weighted by Crippen LogP contribution is 2.49. The first-order valence-electron chi connectivity index (χ1n) is 14.8. The molecule has 0 aliphatic heterocycles. The predicted octanol–water partition coefficient (Wildman–Crippen LogP) is 9.72. The Bertz CT molecular complexity index is 1910. The molecule has 0 nitrogen and oxygen atoms in total. The Kier molecular flexibility index (Phi) is 5.84. The largest absolute Gasteiger partial charge is 0.0619 e. The maximum Gasteiger partial charge on any atom is 0.0281 e. The SMILES string of the molecule is Cc1cc(C#Cc2ccc3c(c2)C(C)(C)c2ccccc2-3)c(C)cc1C#Cc1ccc2c(c1)C(C)(C)c1ccccc1-2. The lowest BCUT2D eigenvalue weighted by Gasteiger charge is -2.21. The third kappa shape index (κ3) is 4.03. The summed E-state index contributed by atoms with van der Waals surface area (Å²) in [5, 5.41) is 0. The van der Waals surface area contributed by atoms with Crippen LogP contribution >= 0.6 is 0 Å². The van der Waals surface area contributed by atoms with Crippen molar-refractivity contribution in [1.29, 1.82) is 0 Å². The van der Waals surface area contributed by atoms with Gasteiger partial charge < -0.3 is 0 Å². The fourth-order valence-electron chi connectivity index (χ4n) is 6.93. The Morgan fingerprint density at radius 1 is 0.405 bits per heavy atom. The van der Waals surface area contributed by atoms with Crippen molar-refractivity contribution in [3.05, 3.63) is 153 Å². The molecular formula is C42H34. The van der Waals surface area contributed by atoms with E-state index in [1.54, 1.807) is 0 Å². The van der Waals surface area contributed by atoms with Crippen molar-refractivity contribution in [3.63, 3.8) is 0 Å². The fourth-order valence-corrected chi connectivity index (χ4v) is 6.93. The quantitative estimate of drug-likeness (QED) is 0.172. The monoisotopic (exact) mass is 538 g/mol. The first-order valence-corrected chi connectivity index (χ1v) is 14.8. The van der Waals surface area contributed by atoms with Crippen LogP contribution in [-0.4, -0.2) is 0 Å². The van der Waals surface area contributed by atoms with E-state index in [0.29, 0.717) is 0 Å². The van der Waals surface area contributed by atoms with Gasteiger partial charge in [0, 0.05) is 33.1 Å². The van der Waals surface area contributed by atoms with Crippen LogP contribution in [0.15, 0.2) is 97.1 Å². The summed E-state index contributed by atoms with van der Waals surface area (Å²) in [5.74, 6) is 13.8.